The number of hydrogen-bond donors (Lipinski definition) is 0. The molecule has 2 aliphatic rings. The Bertz CT molecular complexity index is 1220. The van der Waals surface area contributed by atoms with Crippen LogP contribution >= 0.6 is 23.4 Å². The van der Waals surface area contributed by atoms with Crippen LogP contribution in [0, 0.1) is 0 Å². The van der Waals surface area contributed by atoms with Crippen molar-refractivity contribution in [3.8, 4) is 5.75 Å². The highest BCUT2D eigenvalue weighted by atomic mass is 35.5. The summed E-state index contributed by atoms with van der Waals surface area (Å²) in [5.41, 5.74) is 4.38. The van der Waals surface area contributed by atoms with E-state index in [4.69, 9.17) is 26.1 Å². The summed E-state index contributed by atoms with van der Waals surface area (Å²) in [6.07, 6.45) is 7.34. The van der Waals surface area contributed by atoms with E-state index < -0.39 is 0 Å². The summed E-state index contributed by atoms with van der Waals surface area (Å²) in [5, 5.41) is 0.748. The molecule has 4 nitrogen and oxygen atoms in total. The topological polar surface area (TPSA) is 34.1 Å². The zero-order valence-corrected chi connectivity index (χ0v) is 21.4. The van der Waals surface area contributed by atoms with Gasteiger partial charge in [0.25, 0.3) is 0 Å². The lowest BCUT2D eigenvalue weighted by atomic mass is 10.0. The van der Waals surface area contributed by atoms with Gasteiger partial charge in [0, 0.05) is 52.1 Å². The molecule has 0 aliphatic carbocycles. The van der Waals surface area contributed by atoms with Gasteiger partial charge in [-0.05, 0) is 66.9 Å². The van der Waals surface area contributed by atoms with Crippen molar-refractivity contribution >= 4 is 40.8 Å². The molecular weight excluding hydrogens is 476 g/mol. The molecule has 1 unspecified atom stereocenters. The molecule has 0 bridgehead atoms. The molecule has 5 rings (SSSR count). The summed E-state index contributed by atoms with van der Waals surface area (Å²) in [4.78, 5) is 9.49. The second-order valence-electron chi connectivity index (χ2n) is 8.71. The minimum Gasteiger partial charge on any atom is -0.465 e. The molecule has 3 aromatic carbocycles. The molecule has 3 aromatic rings. The molecule has 35 heavy (non-hydrogen) atoms. The maximum atomic E-state index is 6.14. The van der Waals surface area contributed by atoms with Crippen LogP contribution < -0.4 is 9.64 Å². The lowest BCUT2D eigenvalue weighted by Gasteiger charge is -2.25. The third kappa shape index (κ3) is 6.10. The van der Waals surface area contributed by atoms with Crippen LogP contribution in [0.5, 0.6) is 5.75 Å². The Labute approximate surface area is 216 Å². The third-order valence-electron chi connectivity index (χ3n) is 6.16. The third-order valence-corrected chi connectivity index (χ3v) is 7.51. The SMILES string of the molecule is CN1CCN=C(C=Cc2ccccc2Sc2ccc(Cl)cc2)c2ccc(OC3CCCCO3)cc21. The van der Waals surface area contributed by atoms with E-state index in [1.807, 2.05) is 30.3 Å². The Morgan fingerprint density at radius 1 is 1.06 bits per heavy atom. The Hall–Kier alpha value is -2.73. The summed E-state index contributed by atoms with van der Waals surface area (Å²) in [5.74, 6) is 0.845. The van der Waals surface area contributed by atoms with Gasteiger partial charge in [-0.3, -0.25) is 4.99 Å². The summed E-state index contributed by atoms with van der Waals surface area (Å²) in [6, 6.07) is 22.6. The second kappa shape index (κ2) is 11.3. The smallest absolute Gasteiger partial charge is 0.199 e. The highest BCUT2D eigenvalue weighted by Gasteiger charge is 2.19. The van der Waals surface area contributed by atoms with Crippen molar-refractivity contribution in [1.29, 1.82) is 0 Å². The number of fused-ring (bicyclic) bond motifs is 1. The largest absolute Gasteiger partial charge is 0.465 e. The second-order valence-corrected chi connectivity index (χ2v) is 10.3. The number of rotatable bonds is 6. The van der Waals surface area contributed by atoms with Crippen molar-refractivity contribution in [2.45, 2.75) is 35.3 Å². The van der Waals surface area contributed by atoms with Crippen LogP contribution in [-0.4, -0.2) is 38.7 Å². The maximum Gasteiger partial charge on any atom is 0.199 e. The summed E-state index contributed by atoms with van der Waals surface area (Å²) in [6.45, 7) is 2.37. The van der Waals surface area contributed by atoms with Crippen LogP contribution in [0.1, 0.15) is 30.4 Å². The van der Waals surface area contributed by atoms with Gasteiger partial charge in [0.15, 0.2) is 6.29 Å². The molecule has 1 saturated heterocycles. The highest BCUT2D eigenvalue weighted by Crippen LogP contribution is 2.33. The standard InChI is InChI=1S/C29H29ClN2O2S/c1-32-18-17-31-26(25-15-12-23(20-27(25)32)34-29-8-4-5-19-33-29)16-9-21-6-2-3-7-28(21)35-24-13-10-22(30)11-14-24/h2-3,6-7,9-16,20,29H,4-5,8,17-19H2,1H3. The molecule has 0 amide bonds. The maximum absolute atomic E-state index is 6.14. The first-order valence-corrected chi connectivity index (χ1v) is 13.2. The first-order valence-electron chi connectivity index (χ1n) is 12.0. The predicted molar refractivity (Wildman–Crippen MR) is 146 cm³/mol. The minimum absolute atomic E-state index is 0.152. The Morgan fingerprint density at radius 3 is 2.74 bits per heavy atom. The van der Waals surface area contributed by atoms with Gasteiger partial charge in [0.2, 0.25) is 0 Å². The predicted octanol–water partition coefficient (Wildman–Crippen LogP) is 7.35. The molecule has 1 fully saturated rings. The van der Waals surface area contributed by atoms with E-state index in [0.717, 1.165) is 77.2 Å². The van der Waals surface area contributed by atoms with Crippen molar-refractivity contribution in [2.24, 2.45) is 4.99 Å². The van der Waals surface area contributed by atoms with Crippen molar-refractivity contribution in [3.63, 3.8) is 0 Å². The fourth-order valence-electron chi connectivity index (χ4n) is 4.25. The average molecular weight is 505 g/mol. The van der Waals surface area contributed by atoms with Gasteiger partial charge in [-0.1, -0.05) is 47.6 Å². The average Bonchev–Trinajstić information content (AvgIpc) is 3.04. The van der Waals surface area contributed by atoms with Gasteiger partial charge in [0.05, 0.1) is 18.9 Å². The first-order chi connectivity index (χ1) is 17.2. The van der Waals surface area contributed by atoms with Crippen molar-refractivity contribution < 1.29 is 9.47 Å². The van der Waals surface area contributed by atoms with E-state index in [1.165, 1.54) is 4.90 Å². The lowest BCUT2D eigenvalue weighted by Crippen LogP contribution is -2.25. The number of aliphatic imine (C=N–C) groups is 1. The number of nitrogens with zero attached hydrogens (tertiary/aromatic N) is 2. The van der Waals surface area contributed by atoms with Gasteiger partial charge in [-0.25, -0.2) is 0 Å². The van der Waals surface area contributed by atoms with Gasteiger partial charge in [-0.2, -0.15) is 0 Å². The normalized spacial score (nSPS) is 18.2. The van der Waals surface area contributed by atoms with Gasteiger partial charge < -0.3 is 14.4 Å². The summed E-state index contributed by atoms with van der Waals surface area (Å²) >= 11 is 7.79. The molecule has 0 N–H and O–H groups in total. The summed E-state index contributed by atoms with van der Waals surface area (Å²) < 4.78 is 11.9. The van der Waals surface area contributed by atoms with E-state index in [1.54, 1.807) is 11.8 Å². The fourth-order valence-corrected chi connectivity index (χ4v) is 5.30. The van der Waals surface area contributed by atoms with Gasteiger partial charge in [-0.15, -0.1) is 0 Å². The van der Waals surface area contributed by atoms with Crippen LogP contribution in [0.15, 0.2) is 87.6 Å². The lowest BCUT2D eigenvalue weighted by molar-refractivity contribution is -0.105. The number of anilines is 1. The quantitative estimate of drug-likeness (QED) is 0.351. The van der Waals surface area contributed by atoms with E-state index in [9.17, 15) is 0 Å². The van der Waals surface area contributed by atoms with E-state index in [2.05, 4.69) is 60.5 Å². The van der Waals surface area contributed by atoms with Crippen molar-refractivity contribution in [1.82, 2.24) is 0 Å². The van der Waals surface area contributed by atoms with Crippen LogP contribution in [0.2, 0.25) is 5.02 Å². The fraction of sp³-hybridized carbons (Fsp3) is 0.276. The van der Waals surface area contributed by atoms with E-state index in [-0.39, 0.29) is 6.29 Å². The molecule has 1 atom stereocenters. The van der Waals surface area contributed by atoms with E-state index in [0.29, 0.717) is 0 Å². The van der Waals surface area contributed by atoms with Crippen LogP contribution in [0.3, 0.4) is 0 Å². The van der Waals surface area contributed by atoms with Gasteiger partial charge in [0.1, 0.15) is 5.75 Å². The Balaban J connectivity index is 1.38. The van der Waals surface area contributed by atoms with Crippen LogP contribution in [0.4, 0.5) is 5.69 Å². The summed E-state index contributed by atoms with van der Waals surface area (Å²) in [7, 11) is 2.11. The Kier molecular flexibility index (Phi) is 7.77. The van der Waals surface area contributed by atoms with Crippen LogP contribution in [0.25, 0.3) is 6.08 Å². The molecule has 0 aromatic heterocycles. The molecule has 0 radical (unpaired) electrons. The van der Waals surface area contributed by atoms with Crippen molar-refractivity contribution in [3.05, 3.63) is 89.0 Å². The molecule has 2 heterocycles. The number of allylic oxidation sites excluding steroid dienone is 1. The number of halogens is 1. The molecular formula is C29H29ClN2O2S. The highest BCUT2D eigenvalue weighted by molar-refractivity contribution is 7.99. The number of benzodiazepines with no additional fused rings is 1. The first kappa shape index (κ1) is 24.0. The minimum atomic E-state index is -0.152. The van der Waals surface area contributed by atoms with Crippen molar-refractivity contribution in [2.75, 3.05) is 31.6 Å². The van der Waals surface area contributed by atoms with E-state index >= 15 is 0 Å². The number of benzene rings is 3. The number of hydrogen-bond acceptors (Lipinski definition) is 5. The zero-order chi connectivity index (χ0) is 24.0. The monoisotopic (exact) mass is 504 g/mol. The molecule has 0 saturated carbocycles. The molecule has 180 valence electrons. The molecule has 6 heteroatoms. The van der Waals surface area contributed by atoms with Gasteiger partial charge >= 0.3 is 0 Å². The number of likely N-dealkylation sites (N-methyl/N-ethyl adjacent to an activating group) is 1. The Morgan fingerprint density at radius 2 is 1.91 bits per heavy atom. The zero-order valence-electron chi connectivity index (χ0n) is 19.8. The van der Waals surface area contributed by atoms with Crippen LogP contribution in [-0.2, 0) is 4.74 Å². The molecule has 2 aliphatic heterocycles. The molecule has 0 spiro atoms. The number of ether oxygens (including phenoxy) is 2.